The highest BCUT2D eigenvalue weighted by Crippen LogP contribution is 2.25. The minimum atomic E-state index is -2.82. The minimum absolute atomic E-state index is 0.0144. The highest BCUT2D eigenvalue weighted by atomic mass is 19.3. The summed E-state index contributed by atoms with van der Waals surface area (Å²) in [6.07, 6.45) is 0.548. The van der Waals surface area contributed by atoms with Gasteiger partial charge in [-0.25, -0.2) is 0 Å². The van der Waals surface area contributed by atoms with Crippen molar-refractivity contribution in [1.82, 2.24) is 0 Å². The highest BCUT2D eigenvalue weighted by Gasteiger charge is 2.15. The van der Waals surface area contributed by atoms with Crippen molar-refractivity contribution in [3.05, 3.63) is 29.8 Å². The molecule has 2 atom stereocenters. The van der Waals surface area contributed by atoms with Gasteiger partial charge in [0.15, 0.2) is 0 Å². The third-order valence-electron chi connectivity index (χ3n) is 2.61. The summed E-state index contributed by atoms with van der Waals surface area (Å²) in [7, 11) is 0. The molecule has 96 valence electrons. The molecule has 2 unspecified atom stereocenters. The average molecular weight is 245 g/mol. The zero-order valence-electron chi connectivity index (χ0n) is 9.64. The van der Waals surface area contributed by atoms with E-state index in [1.54, 1.807) is 12.1 Å². The van der Waals surface area contributed by atoms with Crippen LogP contribution >= 0.6 is 0 Å². The Morgan fingerprint density at radius 3 is 2.29 bits per heavy atom. The topological polar surface area (TPSA) is 55.5 Å². The van der Waals surface area contributed by atoms with Crippen molar-refractivity contribution in [1.29, 1.82) is 0 Å². The van der Waals surface area contributed by atoms with Crippen molar-refractivity contribution < 1.29 is 18.6 Å². The van der Waals surface area contributed by atoms with Crippen LogP contribution in [0.5, 0.6) is 5.75 Å². The van der Waals surface area contributed by atoms with Gasteiger partial charge in [-0.05, 0) is 31.0 Å². The van der Waals surface area contributed by atoms with Gasteiger partial charge in [0, 0.05) is 18.6 Å². The molecule has 0 saturated heterocycles. The maximum absolute atomic E-state index is 12.0. The lowest BCUT2D eigenvalue weighted by molar-refractivity contribution is -0.0498. The second-order valence-electron chi connectivity index (χ2n) is 3.93. The van der Waals surface area contributed by atoms with E-state index in [4.69, 9.17) is 10.8 Å². The smallest absolute Gasteiger partial charge is 0.387 e. The van der Waals surface area contributed by atoms with E-state index in [1.165, 1.54) is 12.1 Å². The third-order valence-corrected chi connectivity index (χ3v) is 2.61. The number of nitrogens with two attached hydrogens (primary N) is 1. The third kappa shape index (κ3) is 4.28. The van der Waals surface area contributed by atoms with E-state index in [-0.39, 0.29) is 24.3 Å². The Labute approximate surface area is 99.2 Å². The number of ether oxygens (including phenoxy) is 1. The molecule has 0 heterocycles. The summed E-state index contributed by atoms with van der Waals surface area (Å²) in [6.45, 7) is -0.923. The number of aliphatic hydroxyl groups excluding tert-OH is 1. The molecule has 0 aliphatic carbocycles. The second kappa shape index (κ2) is 6.51. The summed E-state index contributed by atoms with van der Waals surface area (Å²) >= 11 is 0. The molecule has 0 spiro atoms. The molecule has 0 aliphatic rings. The molecule has 17 heavy (non-hydrogen) atoms. The van der Waals surface area contributed by atoms with Gasteiger partial charge in [0.25, 0.3) is 0 Å². The Hall–Kier alpha value is -1.20. The molecular formula is C12H17F2NO2. The van der Waals surface area contributed by atoms with E-state index >= 15 is 0 Å². The molecule has 1 rings (SSSR count). The molecule has 1 aromatic rings. The van der Waals surface area contributed by atoms with Gasteiger partial charge in [0.1, 0.15) is 5.75 Å². The van der Waals surface area contributed by atoms with Gasteiger partial charge in [0.2, 0.25) is 0 Å². The fraction of sp³-hybridized carbons (Fsp3) is 0.500. The van der Waals surface area contributed by atoms with E-state index in [9.17, 15) is 8.78 Å². The van der Waals surface area contributed by atoms with Gasteiger partial charge in [-0.2, -0.15) is 8.78 Å². The van der Waals surface area contributed by atoms with Crippen LogP contribution in [0.2, 0.25) is 0 Å². The molecule has 0 saturated carbocycles. The van der Waals surface area contributed by atoms with Crippen LogP contribution in [-0.2, 0) is 0 Å². The maximum Gasteiger partial charge on any atom is 0.387 e. The zero-order valence-corrected chi connectivity index (χ0v) is 9.64. The molecule has 3 nitrogen and oxygen atoms in total. The van der Waals surface area contributed by atoms with Gasteiger partial charge in [0.05, 0.1) is 0 Å². The molecule has 1 aromatic carbocycles. The van der Waals surface area contributed by atoms with Crippen molar-refractivity contribution in [3.8, 4) is 5.75 Å². The molecule has 0 fully saturated rings. The normalized spacial score (nSPS) is 14.7. The molecular weight excluding hydrogens is 228 g/mol. The molecule has 5 heteroatoms. The number of aliphatic hydroxyl groups is 1. The van der Waals surface area contributed by atoms with Crippen LogP contribution in [0.25, 0.3) is 0 Å². The Morgan fingerprint density at radius 1 is 1.29 bits per heavy atom. The lowest BCUT2D eigenvalue weighted by atomic mass is 9.90. The van der Waals surface area contributed by atoms with Crippen molar-refractivity contribution in [3.63, 3.8) is 0 Å². The van der Waals surface area contributed by atoms with Crippen LogP contribution in [0.1, 0.15) is 24.8 Å². The number of hydrogen-bond acceptors (Lipinski definition) is 3. The monoisotopic (exact) mass is 245 g/mol. The van der Waals surface area contributed by atoms with E-state index in [0.29, 0.717) is 6.42 Å². The summed E-state index contributed by atoms with van der Waals surface area (Å²) in [4.78, 5) is 0. The molecule has 0 bridgehead atoms. The summed E-state index contributed by atoms with van der Waals surface area (Å²) in [5.41, 5.74) is 6.72. The van der Waals surface area contributed by atoms with Crippen molar-refractivity contribution in [2.75, 3.05) is 6.61 Å². The molecule has 0 aromatic heterocycles. The summed E-state index contributed by atoms with van der Waals surface area (Å²) in [5.74, 6) is 0.136. The number of halogens is 2. The van der Waals surface area contributed by atoms with Crippen LogP contribution < -0.4 is 10.5 Å². The molecule has 0 amide bonds. The van der Waals surface area contributed by atoms with Crippen LogP contribution in [0.4, 0.5) is 8.78 Å². The fourth-order valence-electron chi connectivity index (χ4n) is 1.77. The first kappa shape index (κ1) is 13.9. The summed E-state index contributed by atoms with van der Waals surface area (Å²) in [6, 6.07) is 6.25. The van der Waals surface area contributed by atoms with E-state index in [0.717, 1.165) is 5.56 Å². The highest BCUT2D eigenvalue weighted by molar-refractivity contribution is 5.30. The Bertz CT molecular complexity index is 328. The average Bonchev–Trinajstić information content (AvgIpc) is 2.26. The Kier molecular flexibility index (Phi) is 5.31. The Morgan fingerprint density at radius 2 is 1.88 bits per heavy atom. The number of hydrogen-bond donors (Lipinski definition) is 2. The standard InChI is InChI=1S/C12H17F2NO2/c1-8(15)11(6-7-16)9-2-4-10(5-3-9)17-12(13)14/h2-5,8,11-12,16H,6-7,15H2,1H3. The van der Waals surface area contributed by atoms with Gasteiger partial charge >= 0.3 is 6.61 Å². The van der Waals surface area contributed by atoms with Gasteiger partial charge in [-0.15, -0.1) is 0 Å². The van der Waals surface area contributed by atoms with E-state index in [1.807, 2.05) is 6.92 Å². The quantitative estimate of drug-likeness (QED) is 0.807. The summed E-state index contributed by atoms with van der Waals surface area (Å²) in [5, 5.41) is 8.94. The van der Waals surface area contributed by atoms with Crippen LogP contribution in [0.15, 0.2) is 24.3 Å². The van der Waals surface area contributed by atoms with E-state index in [2.05, 4.69) is 4.74 Å². The minimum Gasteiger partial charge on any atom is -0.435 e. The second-order valence-corrected chi connectivity index (χ2v) is 3.93. The predicted octanol–water partition coefficient (Wildman–Crippen LogP) is 2.10. The van der Waals surface area contributed by atoms with Crippen molar-refractivity contribution in [2.45, 2.75) is 31.9 Å². The Balaban J connectivity index is 2.77. The van der Waals surface area contributed by atoms with Crippen molar-refractivity contribution >= 4 is 0 Å². The fourth-order valence-corrected chi connectivity index (χ4v) is 1.77. The van der Waals surface area contributed by atoms with Crippen LogP contribution in [0, 0.1) is 0 Å². The number of benzene rings is 1. The first-order chi connectivity index (χ1) is 8.04. The number of rotatable bonds is 6. The summed E-state index contributed by atoms with van der Waals surface area (Å²) < 4.78 is 28.2. The van der Waals surface area contributed by atoms with Crippen molar-refractivity contribution in [2.24, 2.45) is 5.73 Å². The molecule has 0 aliphatic heterocycles. The van der Waals surface area contributed by atoms with Crippen LogP contribution in [-0.4, -0.2) is 24.4 Å². The lowest BCUT2D eigenvalue weighted by Gasteiger charge is -2.20. The van der Waals surface area contributed by atoms with E-state index < -0.39 is 6.61 Å². The first-order valence-corrected chi connectivity index (χ1v) is 5.45. The zero-order chi connectivity index (χ0) is 12.8. The van der Waals surface area contributed by atoms with Gasteiger partial charge in [-0.1, -0.05) is 12.1 Å². The molecule has 3 N–H and O–H groups in total. The lowest BCUT2D eigenvalue weighted by Crippen LogP contribution is -2.25. The van der Waals surface area contributed by atoms with Gasteiger partial charge < -0.3 is 15.6 Å². The SMILES string of the molecule is CC(N)C(CCO)c1ccc(OC(F)F)cc1. The van der Waals surface area contributed by atoms with Crippen LogP contribution in [0.3, 0.4) is 0 Å². The van der Waals surface area contributed by atoms with Gasteiger partial charge in [-0.3, -0.25) is 0 Å². The largest absolute Gasteiger partial charge is 0.435 e. The number of alkyl halides is 2. The first-order valence-electron chi connectivity index (χ1n) is 5.45. The maximum atomic E-state index is 12.0. The molecule has 0 radical (unpaired) electrons. The predicted molar refractivity (Wildman–Crippen MR) is 61.2 cm³/mol.